The molecule has 3 heterocycles. The number of carbonyl (C=O) groups is 1. The number of nitrogens with one attached hydrogen (secondary N) is 2. The highest BCUT2D eigenvalue weighted by atomic mass is 32.2. The van der Waals surface area contributed by atoms with Crippen molar-refractivity contribution in [3.8, 4) is 5.75 Å². The van der Waals surface area contributed by atoms with E-state index in [-0.39, 0.29) is 34.4 Å². The minimum atomic E-state index is -3.57. The van der Waals surface area contributed by atoms with Gasteiger partial charge < -0.3 is 20.6 Å². The third-order valence-electron chi connectivity index (χ3n) is 7.98. The average molecular weight is 606 g/mol. The number of fused-ring (bicyclic) bond motifs is 1. The predicted molar refractivity (Wildman–Crippen MR) is 167 cm³/mol. The number of aromatic hydroxyl groups is 1. The first-order chi connectivity index (χ1) is 20.6. The summed E-state index contributed by atoms with van der Waals surface area (Å²) in [6.07, 6.45) is 5.83. The Morgan fingerprint density at radius 1 is 1.07 bits per heavy atom. The molecule has 228 valence electrons. The normalized spacial score (nSPS) is 14.4. The fourth-order valence-electron chi connectivity index (χ4n) is 5.45. The van der Waals surface area contributed by atoms with Crippen molar-refractivity contribution in [1.82, 2.24) is 24.5 Å². The SMILES string of the molecule is CCCCC(=O)N1CCC(c2cc(O)c(Nc3nc(Nc4ccccc4S(=O)(=O)C(C)C)n4nccc4n3)cc2C)CC1. The molecule has 1 aliphatic heterocycles. The Bertz CT molecular complexity index is 1730. The van der Waals surface area contributed by atoms with Gasteiger partial charge in [-0.15, -0.1) is 0 Å². The van der Waals surface area contributed by atoms with E-state index in [1.165, 1.54) is 4.52 Å². The minimum Gasteiger partial charge on any atom is -0.506 e. The fraction of sp³-hybridized carbons (Fsp3) is 0.419. The number of para-hydroxylation sites is 1. The fourth-order valence-corrected chi connectivity index (χ4v) is 6.66. The molecule has 0 saturated carbocycles. The van der Waals surface area contributed by atoms with Crippen molar-refractivity contribution in [2.24, 2.45) is 0 Å². The van der Waals surface area contributed by atoms with Gasteiger partial charge >= 0.3 is 0 Å². The lowest BCUT2D eigenvalue weighted by atomic mass is 9.86. The lowest BCUT2D eigenvalue weighted by molar-refractivity contribution is -0.132. The molecule has 1 amide bonds. The molecule has 0 spiro atoms. The molecular weight excluding hydrogens is 566 g/mol. The average Bonchev–Trinajstić information content (AvgIpc) is 3.47. The van der Waals surface area contributed by atoms with Gasteiger partial charge in [-0.05, 0) is 81.3 Å². The third kappa shape index (κ3) is 6.43. The van der Waals surface area contributed by atoms with E-state index < -0.39 is 15.1 Å². The van der Waals surface area contributed by atoms with Crippen molar-refractivity contribution < 1.29 is 18.3 Å². The summed E-state index contributed by atoms with van der Waals surface area (Å²) in [6, 6.07) is 12.1. The van der Waals surface area contributed by atoms with Gasteiger partial charge in [0.25, 0.3) is 0 Å². The molecule has 0 bridgehead atoms. The summed E-state index contributed by atoms with van der Waals surface area (Å²) in [6.45, 7) is 8.84. The number of piperidine rings is 1. The summed E-state index contributed by atoms with van der Waals surface area (Å²) in [5.74, 6) is 1.03. The second kappa shape index (κ2) is 12.6. The van der Waals surface area contributed by atoms with Gasteiger partial charge in [-0.1, -0.05) is 25.5 Å². The third-order valence-corrected chi connectivity index (χ3v) is 10.2. The maximum atomic E-state index is 13.0. The summed E-state index contributed by atoms with van der Waals surface area (Å²) in [5, 5.41) is 21.0. The number of aryl methyl sites for hydroxylation is 1. The Morgan fingerprint density at radius 2 is 1.81 bits per heavy atom. The molecule has 12 heteroatoms. The van der Waals surface area contributed by atoms with Gasteiger partial charge in [-0.3, -0.25) is 4.79 Å². The largest absolute Gasteiger partial charge is 0.506 e. The lowest BCUT2D eigenvalue weighted by Gasteiger charge is -2.33. The zero-order chi connectivity index (χ0) is 30.7. The first-order valence-corrected chi connectivity index (χ1v) is 16.3. The molecule has 1 saturated heterocycles. The molecule has 0 aliphatic carbocycles. The number of hydrogen-bond donors (Lipinski definition) is 3. The van der Waals surface area contributed by atoms with E-state index in [0.29, 0.717) is 23.4 Å². The molecule has 1 aliphatic rings. The van der Waals surface area contributed by atoms with Gasteiger partial charge in [0, 0.05) is 25.6 Å². The lowest BCUT2D eigenvalue weighted by Crippen LogP contribution is -2.37. The van der Waals surface area contributed by atoms with Crippen LogP contribution in [0.25, 0.3) is 5.65 Å². The predicted octanol–water partition coefficient (Wildman–Crippen LogP) is 5.70. The molecule has 2 aromatic carbocycles. The zero-order valence-electron chi connectivity index (χ0n) is 25.0. The van der Waals surface area contributed by atoms with Crippen molar-refractivity contribution in [1.29, 1.82) is 0 Å². The van der Waals surface area contributed by atoms with Crippen LogP contribution >= 0.6 is 0 Å². The number of carbonyl (C=O) groups excluding carboxylic acids is 1. The quantitative estimate of drug-likeness (QED) is 0.194. The summed E-state index contributed by atoms with van der Waals surface area (Å²) in [4.78, 5) is 23.7. The monoisotopic (exact) mass is 605 g/mol. The number of aromatic nitrogens is 4. The number of amides is 1. The van der Waals surface area contributed by atoms with E-state index in [2.05, 4.69) is 32.6 Å². The number of rotatable bonds is 10. The highest BCUT2D eigenvalue weighted by molar-refractivity contribution is 7.92. The van der Waals surface area contributed by atoms with Crippen molar-refractivity contribution in [3.05, 3.63) is 59.8 Å². The van der Waals surface area contributed by atoms with Crippen LogP contribution in [0, 0.1) is 6.92 Å². The molecule has 0 radical (unpaired) electrons. The van der Waals surface area contributed by atoms with Crippen molar-refractivity contribution >= 4 is 44.7 Å². The smallest absolute Gasteiger partial charge is 0.233 e. The van der Waals surface area contributed by atoms with Crippen LogP contribution in [-0.2, 0) is 14.6 Å². The Balaban J connectivity index is 1.37. The van der Waals surface area contributed by atoms with E-state index in [1.54, 1.807) is 56.4 Å². The summed E-state index contributed by atoms with van der Waals surface area (Å²) in [5.41, 5.74) is 3.40. The highest BCUT2D eigenvalue weighted by Gasteiger charge is 2.26. The van der Waals surface area contributed by atoms with Crippen LogP contribution in [0.5, 0.6) is 5.75 Å². The summed E-state index contributed by atoms with van der Waals surface area (Å²) in [7, 11) is -3.57. The molecule has 4 aromatic rings. The number of unbranched alkanes of at least 4 members (excludes halogenated alkanes) is 1. The van der Waals surface area contributed by atoms with E-state index in [1.807, 2.05) is 17.9 Å². The van der Waals surface area contributed by atoms with Gasteiger partial charge in [-0.25, -0.2) is 8.42 Å². The number of phenolic OH excluding ortho intramolecular Hbond substituents is 1. The van der Waals surface area contributed by atoms with E-state index in [0.717, 1.165) is 49.9 Å². The number of nitrogens with zero attached hydrogens (tertiary/aromatic N) is 5. The van der Waals surface area contributed by atoms with Crippen LogP contribution in [0.4, 0.5) is 23.3 Å². The number of sulfone groups is 1. The second-order valence-corrected chi connectivity index (χ2v) is 13.8. The van der Waals surface area contributed by atoms with Crippen molar-refractivity contribution in [2.75, 3.05) is 23.7 Å². The first-order valence-electron chi connectivity index (χ1n) is 14.8. The number of anilines is 4. The molecule has 5 rings (SSSR count). The maximum Gasteiger partial charge on any atom is 0.233 e. The van der Waals surface area contributed by atoms with Crippen LogP contribution in [0.3, 0.4) is 0 Å². The van der Waals surface area contributed by atoms with E-state index in [4.69, 9.17) is 0 Å². The van der Waals surface area contributed by atoms with Crippen LogP contribution in [0.1, 0.15) is 69.9 Å². The van der Waals surface area contributed by atoms with Gasteiger partial charge in [0.05, 0.1) is 27.7 Å². The molecule has 1 fully saturated rings. The zero-order valence-corrected chi connectivity index (χ0v) is 25.9. The summed E-state index contributed by atoms with van der Waals surface area (Å²) < 4.78 is 27.5. The molecule has 0 atom stereocenters. The Hall–Kier alpha value is -4.19. The summed E-state index contributed by atoms with van der Waals surface area (Å²) >= 11 is 0. The van der Waals surface area contributed by atoms with E-state index >= 15 is 0 Å². The van der Waals surface area contributed by atoms with Crippen LogP contribution < -0.4 is 10.6 Å². The molecule has 3 N–H and O–H groups in total. The molecule has 11 nitrogen and oxygen atoms in total. The van der Waals surface area contributed by atoms with E-state index in [9.17, 15) is 18.3 Å². The van der Waals surface area contributed by atoms with Gasteiger partial charge in [0.15, 0.2) is 15.5 Å². The minimum absolute atomic E-state index is 0.0712. The molecule has 2 aromatic heterocycles. The van der Waals surface area contributed by atoms with Crippen molar-refractivity contribution in [2.45, 2.75) is 75.9 Å². The number of hydrogen-bond acceptors (Lipinski definition) is 9. The van der Waals surface area contributed by atoms with Gasteiger partial charge in [0.2, 0.25) is 17.8 Å². The van der Waals surface area contributed by atoms with Crippen LogP contribution in [0.15, 0.2) is 53.6 Å². The van der Waals surface area contributed by atoms with Gasteiger partial charge in [-0.2, -0.15) is 19.6 Å². The second-order valence-electron chi connectivity index (χ2n) is 11.3. The molecule has 43 heavy (non-hydrogen) atoms. The van der Waals surface area contributed by atoms with Crippen molar-refractivity contribution in [3.63, 3.8) is 0 Å². The van der Waals surface area contributed by atoms with Crippen LogP contribution in [0.2, 0.25) is 0 Å². The highest BCUT2D eigenvalue weighted by Crippen LogP contribution is 2.37. The number of benzene rings is 2. The van der Waals surface area contributed by atoms with Crippen LogP contribution in [-0.4, -0.2) is 62.3 Å². The Labute approximate surface area is 252 Å². The molecular formula is C31H39N7O4S. The van der Waals surface area contributed by atoms with Gasteiger partial charge in [0.1, 0.15) is 5.75 Å². The number of likely N-dealkylation sites (tertiary alicyclic amines) is 1. The first kappa shape index (κ1) is 30.3. The number of phenols is 1. The Kier molecular flexibility index (Phi) is 8.86. The Morgan fingerprint density at radius 3 is 2.53 bits per heavy atom. The standard InChI is InChI=1S/C31H39N7O4S/c1-5-6-11-29(40)37-16-13-22(14-17-37)23-19-26(39)25(18-21(23)4)33-30-35-28-12-15-32-38(28)31(36-30)34-24-9-7-8-10-27(24)43(41,42)20(2)3/h7-10,12,15,18-20,22,39H,5-6,11,13-14,16-17H2,1-4H3,(H2,33,34,35,36). The maximum absolute atomic E-state index is 13.0. The topological polar surface area (TPSA) is 142 Å². The molecule has 0 unspecified atom stereocenters.